The number of thioether (sulfide) groups is 1. The van der Waals surface area contributed by atoms with Crippen molar-refractivity contribution in [2.24, 2.45) is 0 Å². The Labute approximate surface area is 112 Å². The van der Waals surface area contributed by atoms with Crippen molar-refractivity contribution in [3.05, 3.63) is 28.0 Å². The largest absolute Gasteiger partial charge is 0.347 e. The predicted molar refractivity (Wildman–Crippen MR) is 74.2 cm³/mol. The molecule has 0 atom stereocenters. The molecule has 1 N–H and O–H groups in total. The summed E-state index contributed by atoms with van der Waals surface area (Å²) in [5, 5.41) is 2.74. The van der Waals surface area contributed by atoms with Gasteiger partial charge in [0, 0.05) is 15.1 Å². The van der Waals surface area contributed by atoms with Crippen LogP contribution in [0.3, 0.4) is 0 Å². The van der Waals surface area contributed by atoms with E-state index in [1.807, 2.05) is 18.7 Å². The molecule has 0 unspecified atom stereocenters. The number of aromatic nitrogens is 1. The Bertz CT molecular complexity index is 574. The molecule has 17 heavy (non-hydrogen) atoms. The zero-order chi connectivity index (χ0) is 12.0. The predicted octanol–water partition coefficient (Wildman–Crippen LogP) is 5.02. The maximum absolute atomic E-state index is 13.8. The summed E-state index contributed by atoms with van der Waals surface area (Å²) in [6.07, 6.45) is 3.89. The van der Waals surface area contributed by atoms with Crippen molar-refractivity contribution >= 4 is 38.6 Å². The number of aryl methyl sites for hydroxylation is 1. The van der Waals surface area contributed by atoms with E-state index in [2.05, 4.69) is 27.0 Å². The Balaban J connectivity index is 2.05. The highest BCUT2D eigenvalue weighted by Crippen LogP contribution is 2.39. The SMILES string of the molecule is Cc1cc(F)c2[nH]c(SC3CCC3)cc2c1Br. The molecule has 4 heteroatoms. The third-order valence-corrected chi connectivity index (χ3v) is 5.63. The zero-order valence-corrected chi connectivity index (χ0v) is 11.9. The van der Waals surface area contributed by atoms with E-state index >= 15 is 0 Å². The van der Waals surface area contributed by atoms with Crippen LogP contribution in [0.5, 0.6) is 0 Å². The summed E-state index contributed by atoms with van der Waals surface area (Å²) in [7, 11) is 0. The molecule has 0 spiro atoms. The Morgan fingerprint density at radius 2 is 2.18 bits per heavy atom. The molecule has 1 heterocycles. The Hall–Kier alpha value is -0.480. The van der Waals surface area contributed by atoms with Crippen LogP contribution in [0.15, 0.2) is 21.6 Å². The third-order valence-electron chi connectivity index (χ3n) is 3.30. The summed E-state index contributed by atoms with van der Waals surface area (Å²) in [6.45, 7) is 1.92. The average Bonchev–Trinajstić information content (AvgIpc) is 2.65. The highest BCUT2D eigenvalue weighted by molar-refractivity contribution is 9.10. The van der Waals surface area contributed by atoms with E-state index in [0.29, 0.717) is 10.8 Å². The lowest BCUT2D eigenvalue weighted by molar-refractivity contribution is 0.522. The van der Waals surface area contributed by atoms with Gasteiger partial charge in [-0.15, -0.1) is 11.8 Å². The first-order valence-corrected chi connectivity index (χ1v) is 7.46. The van der Waals surface area contributed by atoms with Gasteiger partial charge in [-0.1, -0.05) is 6.42 Å². The van der Waals surface area contributed by atoms with Gasteiger partial charge >= 0.3 is 0 Å². The third kappa shape index (κ3) is 2.02. The van der Waals surface area contributed by atoms with Crippen molar-refractivity contribution in [2.45, 2.75) is 36.5 Å². The van der Waals surface area contributed by atoms with Crippen molar-refractivity contribution in [3.8, 4) is 0 Å². The van der Waals surface area contributed by atoms with Crippen molar-refractivity contribution in [1.29, 1.82) is 0 Å². The molecule has 1 saturated carbocycles. The van der Waals surface area contributed by atoms with Crippen LogP contribution in [0.2, 0.25) is 0 Å². The fourth-order valence-corrected chi connectivity index (χ4v) is 3.76. The smallest absolute Gasteiger partial charge is 0.147 e. The van der Waals surface area contributed by atoms with Crippen LogP contribution in [0, 0.1) is 12.7 Å². The summed E-state index contributed by atoms with van der Waals surface area (Å²) < 4.78 is 14.8. The van der Waals surface area contributed by atoms with E-state index in [1.54, 1.807) is 6.07 Å². The van der Waals surface area contributed by atoms with Crippen LogP contribution in [0.1, 0.15) is 24.8 Å². The number of rotatable bonds is 2. The monoisotopic (exact) mass is 313 g/mol. The van der Waals surface area contributed by atoms with Gasteiger partial charge in [0.25, 0.3) is 0 Å². The van der Waals surface area contributed by atoms with Crippen molar-refractivity contribution in [1.82, 2.24) is 4.98 Å². The number of nitrogens with one attached hydrogen (secondary N) is 1. The highest BCUT2D eigenvalue weighted by atomic mass is 79.9. The van der Waals surface area contributed by atoms with Gasteiger partial charge in [0.05, 0.1) is 10.5 Å². The molecular formula is C13H13BrFNS. The molecule has 0 aliphatic heterocycles. The minimum Gasteiger partial charge on any atom is -0.347 e. The second-order valence-corrected chi connectivity index (χ2v) is 6.72. The summed E-state index contributed by atoms with van der Waals surface area (Å²) in [6, 6.07) is 3.62. The normalized spacial score (nSPS) is 16.4. The summed E-state index contributed by atoms with van der Waals surface area (Å²) in [4.78, 5) is 3.19. The lowest BCUT2D eigenvalue weighted by Gasteiger charge is -2.23. The molecular weight excluding hydrogens is 301 g/mol. The summed E-state index contributed by atoms with van der Waals surface area (Å²) >= 11 is 5.37. The van der Waals surface area contributed by atoms with E-state index in [1.165, 1.54) is 19.3 Å². The second-order valence-electron chi connectivity index (χ2n) is 4.58. The van der Waals surface area contributed by atoms with Gasteiger partial charge in [0.2, 0.25) is 0 Å². The minimum atomic E-state index is -0.166. The lowest BCUT2D eigenvalue weighted by atomic mass is 10.0. The van der Waals surface area contributed by atoms with Gasteiger partial charge in [-0.25, -0.2) is 4.39 Å². The van der Waals surface area contributed by atoms with Gasteiger partial charge in [0.1, 0.15) is 5.82 Å². The maximum atomic E-state index is 13.8. The fraction of sp³-hybridized carbons (Fsp3) is 0.385. The van der Waals surface area contributed by atoms with Gasteiger partial charge in [-0.3, -0.25) is 0 Å². The molecule has 1 aromatic heterocycles. The highest BCUT2D eigenvalue weighted by Gasteiger charge is 2.20. The first-order valence-electron chi connectivity index (χ1n) is 5.79. The number of halogens is 2. The maximum Gasteiger partial charge on any atom is 0.147 e. The van der Waals surface area contributed by atoms with Gasteiger partial charge < -0.3 is 4.98 Å². The molecule has 0 saturated heterocycles. The number of H-pyrrole nitrogens is 1. The molecule has 1 nitrogen and oxygen atoms in total. The second kappa shape index (κ2) is 4.32. The molecule has 3 rings (SSSR count). The van der Waals surface area contributed by atoms with Crippen LogP contribution >= 0.6 is 27.7 Å². The number of fused-ring (bicyclic) bond motifs is 1. The molecule has 0 amide bonds. The molecule has 1 fully saturated rings. The standard InChI is InChI=1S/C13H13BrFNS/c1-7-5-10(15)13-9(12(7)14)6-11(16-13)17-8-3-2-4-8/h5-6,8,16H,2-4H2,1H3. The average molecular weight is 314 g/mol. The number of hydrogen-bond donors (Lipinski definition) is 1. The summed E-state index contributed by atoms with van der Waals surface area (Å²) in [5.41, 5.74) is 1.55. The fourth-order valence-electron chi connectivity index (χ4n) is 2.06. The molecule has 1 aliphatic rings. The van der Waals surface area contributed by atoms with E-state index in [-0.39, 0.29) is 5.82 Å². The first-order chi connectivity index (χ1) is 8.15. The number of hydrogen-bond acceptors (Lipinski definition) is 1. The Morgan fingerprint density at radius 3 is 2.82 bits per heavy atom. The lowest BCUT2D eigenvalue weighted by Crippen LogP contribution is -2.12. The molecule has 2 aromatic rings. The quantitative estimate of drug-likeness (QED) is 0.822. The van der Waals surface area contributed by atoms with Crippen LogP contribution in [0.25, 0.3) is 10.9 Å². The molecule has 0 radical (unpaired) electrons. The Morgan fingerprint density at radius 1 is 1.41 bits per heavy atom. The number of aromatic amines is 1. The molecule has 1 aromatic carbocycles. The van der Waals surface area contributed by atoms with Crippen LogP contribution in [-0.2, 0) is 0 Å². The molecule has 1 aliphatic carbocycles. The van der Waals surface area contributed by atoms with Crippen LogP contribution < -0.4 is 0 Å². The van der Waals surface area contributed by atoms with Crippen molar-refractivity contribution in [3.63, 3.8) is 0 Å². The minimum absolute atomic E-state index is 0.166. The van der Waals surface area contributed by atoms with Crippen LogP contribution in [-0.4, -0.2) is 10.2 Å². The van der Waals surface area contributed by atoms with Crippen molar-refractivity contribution in [2.75, 3.05) is 0 Å². The van der Waals surface area contributed by atoms with E-state index in [0.717, 1.165) is 20.4 Å². The van der Waals surface area contributed by atoms with Crippen LogP contribution in [0.4, 0.5) is 4.39 Å². The zero-order valence-electron chi connectivity index (χ0n) is 9.52. The molecule has 0 bridgehead atoms. The van der Waals surface area contributed by atoms with E-state index < -0.39 is 0 Å². The van der Waals surface area contributed by atoms with Crippen molar-refractivity contribution < 1.29 is 4.39 Å². The first kappa shape index (κ1) is 11.6. The molecule has 90 valence electrons. The number of benzene rings is 1. The van der Waals surface area contributed by atoms with E-state index in [4.69, 9.17) is 0 Å². The van der Waals surface area contributed by atoms with Gasteiger partial charge in [0.15, 0.2) is 0 Å². The summed E-state index contributed by atoms with van der Waals surface area (Å²) in [5.74, 6) is -0.166. The Kier molecular flexibility index (Phi) is 2.95. The topological polar surface area (TPSA) is 15.8 Å². The van der Waals surface area contributed by atoms with Gasteiger partial charge in [-0.05, 0) is 53.4 Å². The van der Waals surface area contributed by atoms with Gasteiger partial charge in [-0.2, -0.15) is 0 Å². The van der Waals surface area contributed by atoms with E-state index in [9.17, 15) is 4.39 Å².